The van der Waals surface area contributed by atoms with Gasteiger partial charge in [0.2, 0.25) is 0 Å². The van der Waals surface area contributed by atoms with E-state index in [1.165, 1.54) is 0 Å². The Balaban J connectivity index is 1.44. The van der Waals surface area contributed by atoms with E-state index in [4.69, 9.17) is 4.74 Å². The molecular weight excluding hydrogens is 330 g/mol. The molecule has 1 fully saturated rings. The van der Waals surface area contributed by atoms with E-state index in [2.05, 4.69) is 5.32 Å². The summed E-state index contributed by atoms with van der Waals surface area (Å²) >= 11 is 0. The maximum absolute atomic E-state index is 12.2. The fourth-order valence-corrected chi connectivity index (χ4v) is 2.55. The molecule has 0 unspecified atom stereocenters. The highest BCUT2D eigenvalue weighted by Gasteiger charge is 2.23. The van der Waals surface area contributed by atoms with Gasteiger partial charge in [0.05, 0.1) is 6.42 Å². The zero-order valence-corrected chi connectivity index (χ0v) is 14.4. The normalized spacial score (nSPS) is 13.1. The smallest absolute Gasteiger partial charge is 0.306 e. The Morgan fingerprint density at radius 1 is 0.885 bits per heavy atom. The predicted molar refractivity (Wildman–Crippen MR) is 97.6 cm³/mol. The lowest BCUT2D eigenvalue weighted by atomic mass is 10.0. The quantitative estimate of drug-likeness (QED) is 0.586. The second kappa shape index (κ2) is 8.43. The largest absolute Gasteiger partial charge is 0.456 e. The highest BCUT2D eigenvalue weighted by molar-refractivity contribution is 5.98. The maximum Gasteiger partial charge on any atom is 0.306 e. The van der Waals surface area contributed by atoms with Gasteiger partial charge in [0.1, 0.15) is 0 Å². The zero-order chi connectivity index (χ0) is 18.4. The van der Waals surface area contributed by atoms with E-state index in [0.29, 0.717) is 5.56 Å². The van der Waals surface area contributed by atoms with E-state index in [-0.39, 0.29) is 37.2 Å². The zero-order valence-electron chi connectivity index (χ0n) is 14.4. The highest BCUT2D eigenvalue weighted by Crippen LogP contribution is 2.20. The van der Waals surface area contributed by atoms with E-state index in [1.54, 1.807) is 12.1 Å². The molecule has 0 aromatic heterocycles. The van der Waals surface area contributed by atoms with E-state index in [0.717, 1.165) is 24.0 Å². The van der Waals surface area contributed by atoms with Crippen molar-refractivity contribution in [2.24, 2.45) is 0 Å². The number of amides is 1. The molecule has 0 bridgehead atoms. The number of carbonyl (C=O) groups is 3. The number of nitrogens with one attached hydrogen (secondary N) is 1. The number of Topliss-reactive ketones (excluding diaryl/α,β-unsaturated/α-hetero) is 1. The average Bonchev–Trinajstić information content (AvgIpc) is 3.49. The molecule has 1 N–H and O–H groups in total. The molecule has 2 aromatic carbocycles. The number of esters is 1. The third kappa shape index (κ3) is 5.28. The summed E-state index contributed by atoms with van der Waals surface area (Å²) in [4.78, 5) is 35.3. The van der Waals surface area contributed by atoms with E-state index in [9.17, 15) is 14.4 Å². The van der Waals surface area contributed by atoms with Crippen LogP contribution < -0.4 is 5.32 Å². The Bertz CT molecular complexity index is 779. The summed E-state index contributed by atoms with van der Waals surface area (Å²) < 4.78 is 4.89. The monoisotopic (exact) mass is 351 g/mol. The number of hydrogen-bond acceptors (Lipinski definition) is 4. The Morgan fingerprint density at radius 3 is 2.19 bits per heavy atom. The van der Waals surface area contributed by atoms with Crippen molar-refractivity contribution in [2.75, 3.05) is 6.61 Å². The molecule has 0 spiro atoms. The van der Waals surface area contributed by atoms with Gasteiger partial charge in [-0.05, 0) is 24.0 Å². The van der Waals surface area contributed by atoms with Crippen molar-refractivity contribution in [3.63, 3.8) is 0 Å². The van der Waals surface area contributed by atoms with Crippen molar-refractivity contribution < 1.29 is 19.1 Å². The summed E-state index contributed by atoms with van der Waals surface area (Å²) in [5.41, 5.74) is 2.67. The molecule has 0 heterocycles. The second-order valence-corrected chi connectivity index (χ2v) is 6.37. The van der Waals surface area contributed by atoms with Crippen LogP contribution in [0.15, 0.2) is 54.6 Å². The first-order valence-electron chi connectivity index (χ1n) is 8.75. The van der Waals surface area contributed by atoms with Crippen molar-refractivity contribution in [1.29, 1.82) is 0 Å². The fourth-order valence-electron chi connectivity index (χ4n) is 2.55. The number of carbonyl (C=O) groups excluding carboxylic acids is 3. The molecule has 5 heteroatoms. The van der Waals surface area contributed by atoms with Crippen LogP contribution in [0.2, 0.25) is 0 Å². The molecule has 5 nitrogen and oxygen atoms in total. The summed E-state index contributed by atoms with van der Waals surface area (Å²) in [6, 6.07) is 17.4. The lowest BCUT2D eigenvalue weighted by molar-refractivity contribution is -0.148. The molecule has 26 heavy (non-hydrogen) atoms. The third-order valence-electron chi connectivity index (χ3n) is 4.18. The third-order valence-corrected chi connectivity index (χ3v) is 4.18. The predicted octanol–water partition coefficient (Wildman–Crippen LogP) is 3.14. The molecular formula is C21H21NO4. The van der Waals surface area contributed by atoms with Crippen LogP contribution in [-0.2, 0) is 14.3 Å². The molecule has 134 valence electrons. The van der Waals surface area contributed by atoms with Gasteiger partial charge in [0, 0.05) is 18.0 Å². The average molecular weight is 351 g/mol. The van der Waals surface area contributed by atoms with Crippen LogP contribution in [0.1, 0.15) is 36.0 Å². The topological polar surface area (TPSA) is 72.5 Å². The van der Waals surface area contributed by atoms with Gasteiger partial charge in [0.15, 0.2) is 12.4 Å². The van der Waals surface area contributed by atoms with Crippen LogP contribution >= 0.6 is 0 Å². The van der Waals surface area contributed by atoms with Crippen LogP contribution in [0.25, 0.3) is 11.1 Å². The molecule has 0 atom stereocenters. The molecule has 0 saturated heterocycles. The van der Waals surface area contributed by atoms with Crippen molar-refractivity contribution in [2.45, 2.75) is 31.7 Å². The van der Waals surface area contributed by atoms with Crippen LogP contribution in [0.3, 0.4) is 0 Å². The van der Waals surface area contributed by atoms with Crippen molar-refractivity contribution in [3.8, 4) is 11.1 Å². The highest BCUT2D eigenvalue weighted by atomic mass is 16.5. The lowest BCUT2D eigenvalue weighted by Crippen LogP contribution is -2.30. The summed E-state index contributed by atoms with van der Waals surface area (Å²) in [6.07, 6.45) is 2.00. The van der Waals surface area contributed by atoms with Gasteiger partial charge in [-0.3, -0.25) is 14.4 Å². The lowest BCUT2D eigenvalue weighted by Gasteiger charge is -2.06. The van der Waals surface area contributed by atoms with Gasteiger partial charge < -0.3 is 10.1 Å². The molecule has 1 aliphatic rings. The van der Waals surface area contributed by atoms with E-state index >= 15 is 0 Å². The summed E-state index contributed by atoms with van der Waals surface area (Å²) in [5, 5.41) is 2.74. The number of benzene rings is 2. The molecule has 1 amide bonds. The van der Waals surface area contributed by atoms with Gasteiger partial charge in [-0.1, -0.05) is 54.6 Å². The van der Waals surface area contributed by atoms with Gasteiger partial charge in [-0.15, -0.1) is 0 Å². The first-order chi connectivity index (χ1) is 12.6. The Kier molecular flexibility index (Phi) is 5.79. The Labute approximate surface area is 152 Å². The Hall–Kier alpha value is -2.95. The number of rotatable bonds is 8. The van der Waals surface area contributed by atoms with Crippen molar-refractivity contribution in [3.05, 3.63) is 60.2 Å². The van der Waals surface area contributed by atoms with Crippen LogP contribution in [0.4, 0.5) is 0 Å². The first-order valence-corrected chi connectivity index (χ1v) is 8.75. The fraction of sp³-hybridized carbons (Fsp3) is 0.286. The minimum absolute atomic E-state index is 0.0318. The van der Waals surface area contributed by atoms with E-state index in [1.807, 2.05) is 42.5 Å². The molecule has 1 aliphatic carbocycles. The molecule has 0 radical (unpaired) electrons. The van der Waals surface area contributed by atoms with E-state index < -0.39 is 5.97 Å². The second-order valence-electron chi connectivity index (χ2n) is 6.37. The van der Waals surface area contributed by atoms with Gasteiger partial charge in [-0.2, -0.15) is 0 Å². The maximum atomic E-state index is 12.2. The summed E-state index contributed by atoms with van der Waals surface area (Å²) in [6.45, 7) is -0.282. The number of ether oxygens (including phenoxy) is 1. The van der Waals surface area contributed by atoms with Crippen LogP contribution in [0.5, 0.6) is 0 Å². The number of ketones is 1. The van der Waals surface area contributed by atoms with Gasteiger partial charge >= 0.3 is 5.97 Å². The Morgan fingerprint density at radius 2 is 1.54 bits per heavy atom. The number of hydrogen-bond donors (Lipinski definition) is 1. The van der Waals surface area contributed by atoms with Crippen LogP contribution in [-0.4, -0.2) is 30.3 Å². The van der Waals surface area contributed by atoms with Gasteiger partial charge in [0.25, 0.3) is 5.91 Å². The summed E-state index contributed by atoms with van der Waals surface area (Å²) in [5.74, 6) is -0.946. The van der Waals surface area contributed by atoms with Crippen molar-refractivity contribution in [1.82, 2.24) is 5.32 Å². The minimum Gasteiger partial charge on any atom is -0.456 e. The molecule has 1 saturated carbocycles. The van der Waals surface area contributed by atoms with Crippen molar-refractivity contribution >= 4 is 17.7 Å². The first kappa shape index (κ1) is 17.9. The SMILES string of the molecule is O=C(COC(=O)CCC(=O)c1ccc(-c2ccccc2)cc1)NC1CC1. The summed E-state index contributed by atoms with van der Waals surface area (Å²) in [7, 11) is 0. The van der Waals surface area contributed by atoms with Crippen LogP contribution in [0, 0.1) is 0 Å². The standard InChI is InChI=1S/C21H21NO4/c23-19(12-13-21(25)26-14-20(24)22-18-10-11-18)17-8-6-16(7-9-17)15-4-2-1-3-5-15/h1-9,18H,10-14H2,(H,22,24). The molecule has 0 aliphatic heterocycles. The molecule has 2 aromatic rings. The minimum atomic E-state index is -0.537. The molecule has 3 rings (SSSR count). The van der Waals surface area contributed by atoms with Gasteiger partial charge in [-0.25, -0.2) is 0 Å².